The Bertz CT molecular complexity index is 1030. The van der Waals surface area contributed by atoms with Crippen LogP contribution in [0.3, 0.4) is 0 Å². The number of carbonyl (C=O) groups excluding carboxylic acids is 2. The molecule has 182 valence electrons. The molecule has 0 bridgehead atoms. The van der Waals surface area contributed by atoms with Crippen molar-refractivity contribution in [3.05, 3.63) is 59.2 Å². The molecule has 7 nitrogen and oxygen atoms in total. The maximum absolute atomic E-state index is 12.7. The van der Waals surface area contributed by atoms with Gasteiger partial charge in [0.2, 0.25) is 0 Å². The van der Waals surface area contributed by atoms with Crippen LogP contribution in [0.15, 0.2) is 42.5 Å². The van der Waals surface area contributed by atoms with Gasteiger partial charge in [0, 0.05) is 43.9 Å². The van der Waals surface area contributed by atoms with Crippen LogP contribution in [-0.4, -0.2) is 49.2 Å². The highest BCUT2D eigenvalue weighted by Crippen LogP contribution is 2.35. The van der Waals surface area contributed by atoms with Gasteiger partial charge in [-0.3, -0.25) is 4.79 Å². The SMILES string of the molecule is CNc1ccc([C@@H]2CCN(C(=O)OC(C)(C)C)CC[C@H]2COc2ccc3c(c2)C(=O)NC3)cc1. The summed E-state index contributed by atoms with van der Waals surface area (Å²) in [6, 6.07) is 14.2. The van der Waals surface area contributed by atoms with Gasteiger partial charge in [0.15, 0.2) is 0 Å². The van der Waals surface area contributed by atoms with E-state index in [9.17, 15) is 9.59 Å². The lowest BCUT2D eigenvalue weighted by Crippen LogP contribution is -2.37. The van der Waals surface area contributed by atoms with Crippen LogP contribution in [0.2, 0.25) is 0 Å². The number of hydrogen-bond donors (Lipinski definition) is 2. The van der Waals surface area contributed by atoms with E-state index in [1.165, 1.54) is 5.56 Å². The summed E-state index contributed by atoms with van der Waals surface area (Å²) in [7, 11) is 1.91. The van der Waals surface area contributed by atoms with Gasteiger partial charge >= 0.3 is 6.09 Å². The molecule has 1 saturated heterocycles. The third-order valence-electron chi connectivity index (χ3n) is 6.56. The average Bonchev–Trinajstić information content (AvgIpc) is 3.03. The minimum absolute atomic E-state index is 0.0505. The summed E-state index contributed by atoms with van der Waals surface area (Å²) in [6.45, 7) is 8.03. The Morgan fingerprint density at radius 3 is 2.56 bits per heavy atom. The summed E-state index contributed by atoms with van der Waals surface area (Å²) in [6.07, 6.45) is 1.38. The Hall–Kier alpha value is -3.22. The van der Waals surface area contributed by atoms with E-state index in [4.69, 9.17) is 9.47 Å². The molecule has 2 aromatic rings. The van der Waals surface area contributed by atoms with Gasteiger partial charge in [-0.2, -0.15) is 0 Å². The van der Waals surface area contributed by atoms with Crippen LogP contribution in [0.5, 0.6) is 5.75 Å². The Kier molecular flexibility index (Phi) is 7.00. The van der Waals surface area contributed by atoms with Crippen molar-refractivity contribution >= 4 is 17.7 Å². The van der Waals surface area contributed by atoms with E-state index in [2.05, 4.69) is 34.9 Å². The normalized spacial score (nSPS) is 20.2. The van der Waals surface area contributed by atoms with Crippen LogP contribution in [0.25, 0.3) is 0 Å². The summed E-state index contributed by atoms with van der Waals surface area (Å²) in [5.74, 6) is 1.12. The van der Waals surface area contributed by atoms with E-state index in [0.717, 1.165) is 24.1 Å². The first kappa shape index (κ1) is 23.9. The Labute approximate surface area is 201 Å². The fourth-order valence-corrected chi connectivity index (χ4v) is 4.69. The predicted molar refractivity (Wildman–Crippen MR) is 132 cm³/mol. The zero-order valence-corrected chi connectivity index (χ0v) is 20.5. The Morgan fingerprint density at radius 2 is 1.85 bits per heavy atom. The maximum Gasteiger partial charge on any atom is 0.410 e. The standard InChI is InChI=1S/C27H35N3O4/c1-27(2,3)34-26(32)30-13-11-20(23(12-14-30)18-5-8-21(28-4)9-6-18)17-33-22-10-7-19-16-29-25(31)24(19)15-22/h5-10,15,20,23,28H,11-14,16-17H2,1-4H3,(H,29,31)/t20-,23-/m0/s1. The van der Waals surface area contributed by atoms with Crippen LogP contribution in [0.4, 0.5) is 10.5 Å². The van der Waals surface area contributed by atoms with E-state index in [0.29, 0.717) is 37.6 Å². The molecule has 0 saturated carbocycles. The van der Waals surface area contributed by atoms with Crippen molar-refractivity contribution in [2.24, 2.45) is 5.92 Å². The average molecular weight is 466 g/mol. The fraction of sp³-hybridized carbons (Fsp3) is 0.481. The third kappa shape index (κ3) is 5.64. The van der Waals surface area contributed by atoms with Crippen molar-refractivity contribution in [2.75, 3.05) is 32.1 Å². The van der Waals surface area contributed by atoms with Crippen molar-refractivity contribution in [3.8, 4) is 5.75 Å². The van der Waals surface area contributed by atoms with Gasteiger partial charge < -0.3 is 25.0 Å². The molecule has 2 aliphatic rings. The molecule has 2 aliphatic heterocycles. The van der Waals surface area contributed by atoms with Crippen molar-refractivity contribution in [1.82, 2.24) is 10.2 Å². The molecule has 0 spiro atoms. The highest BCUT2D eigenvalue weighted by molar-refractivity contribution is 5.98. The zero-order chi connectivity index (χ0) is 24.3. The number of likely N-dealkylation sites (tertiary alicyclic amines) is 1. The van der Waals surface area contributed by atoms with E-state index in [1.807, 2.05) is 50.9 Å². The van der Waals surface area contributed by atoms with Crippen LogP contribution < -0.4 is 15.4 Å². The van der Waals surface area contributed by atoms with Gasteiger partial charge in [-0.15, -0.1) is 0 Å². The quantitative estimate of drug-likeness (QED) is 0.664. The van der Waals surface area contributed by atoms with E-state index in [-0.39, 0.29) is 23.8 Å². The van der Waals surface area contributed by atoms with E-state index in [1.54, 1.807) is 0 Å². The van der Waals surface area contributed by atoms with Gasteiger partial charge in [0.25, 0.3) is 5.91 Å². The second-order valence-corrected chi connectivity index (χ2v) is 10.1. The number of fused-ring (bicyclic) bond motifs is 1. The molecule has 7 heteroatoms. The number of nitrogens with zero attached hydrogens (tertiary/aromatic N) is 1. The molecule has 0 aliphatic carbocycles. The number of benzene rings is 2. The second-order valence-electron chi connectivity index (χ2n) is 10.1. The van der Waals surface area contributed by atoms with E-state index >= 15 is 0 Å². The van der Waals surface area contributed by atoms with E-state index < -0.39 is 5.60 Å². The van der Waals surface area contributed by atoms with Crippen LogP contribution >= 0.6 is 0 Å². The van der Waals surface area contributed by atoms with Crippen molar-refractivity contribution in [3.63, 3.8) is 0 Å². The highest BCUT2D eigenvalue weighted by Gasteiger charge is 2.32. The summed E-state index contributed by atoms with van der Waals surface area (Å²) in [4.78, 5) is 26.6. The molecule has 2 heterocycles. The number of carbonyl (C=O) groups is 2. The lowest BCUT2D eigenvalue weighted by Gasteiger charge is -2.26. The summed E-state index contributed by atoms with van der Waals surface area (Å²) >= 11 is 0. The lowest BCUT2D eigenvalue weighted by molar-refractivity contribution is 0.0253. The number of anilines is 1. The molecule has 1 fully saturated rings. The van der Waals surface area contributed by atoms with Crippen molar-refractivity contribution < 1.29 is 19.1 Å². The number of hydrogen-bond acceptors (Lipinski definition) is 5. The second kappa shape index (κ2) is 9.95. The number of ether oxygens (including phenoxy) is 2. The molecule has 0 unspecified atom stereocenters. The van der Waals surface area contributed by atoms with Crippen LogP contribution in [-0.2, 0) is 11.3 Å². The first-order valence-corrected chi connectivity index (χ1v) is 12.0. The minimum Gasteiger partial charge on any atom is -0.493 e. The number of rotatable bonds is 5. The molecule has 2 atom stereocenters. The Morgan fingerprint density at radius 1 is 1.12 bits per heavy atom. The minimum atomic E-state index is -0.520. The number of nitrogens with one attached hydrogen (secondary N) is 2. The molecule has 2 amide bonds. The molecule has 2 N–H and O–H groups in total. The molecular weight excluding hydrogens is 430 g/mol. The van der Waals surface area contributed by atoms with Crippen LogP contribution in [0, 0.1) is 5.92 Å². The van der Waals surface area contributed by atoms with Crippen molar-refractivity contribution in [1.29, 1.82) is 0 Å². The summed E-state index contributed by atoms with van der Waals surface area (Å²) in [5.41, 5.74) is 3.48. The fourth-order valence-electron chi connectivity index (χ4n) is 4.69. The molecule has 2 aromatic carbocycles. The van der Waals surface area contributed by atoms with Gasteiger partial charge in [0.05, 0.1) is 6.61 Å². The lowest BCUT2D eigenvalue weighted by atomic mass is 9.83. The molecular formula is C27H35N3O4. The predicted octanol–water partition coefficient (Wildman–Crippen LogP) is 4.78. The monoisotopic (exact) mass is 465 g/mol. The zero-order valence-electron chi connectivity index (χ0n) is 20.5. The Balaban J connectivity index is 1.51. The van der Waals surface area contributed by atoms with Gasteiger partial charge in [0.1, 0.15) is 11.4 Å². The van der Waals surface area contributed by atoms with Gasteiger partial charge in [-0.05, 0) is 74.9 Å². The molecule has 34 heavy (non-hydrogen) atoms. The summed E-state index contributed by atoms with van der Waals surface area (Å²) in [5, 5.41) is 6.01. The topological polar surface area (TPSA) is 79.9 Å². The highest BCUT2D eigenvalue weighted by atomic mass is 16.6. The molecule has 4 rings (SSSR count). The number of amides is 2. The third-order valence-corrected chi connectivity index (χ3v) is 6.56. The first-order valence-electron chi connectivity index (χ1n) is 12.0. The molecule has 0 radical (unpaired) electrons. The van der Waals surface area contributed by atoms with Gasteiger partial charge in [-0.1, -0.05) is 18.2 Å². The van der Waals surface area contributed by atoms with Crippen molar-refractivity contribution in [2.45, 2.75) is 51.7 Å². The van der Waals surface area contributed by atoms with Gasteiger partial charge in [-0.25, -0.2) is 4.79 Å². The maximum atomic E-state index is 12.7. The smallest absolute Gasteiger partial charge is 0.410 e. The summed E-state index contributed by atoms with van der Waals surface area (Å²) < 4.78 is 11.9. The van der Waals surface area contributed by atoms with Crippen LogP contribution in [0.1, 0.15) is 61.0 Å². The largest absolute Gasteiger partial charge is 0.493 e. The molecule has 0 aromatic heterocycles. The first-order chi connectivity index (χ1) is 16.2.